The van der Waals surface area contributed by atoms with Gasteiger partial charge < -0.3 is 5.32 Å². The number of nitrogens with one attached hydrogen (secondary N) is 1. The molecular formula is C18H20N4OS. The maximum Gasteiger partial charge on any atom is 0.262 e. The van der Waals surface area contributed by atoms with E-state index in [2.05, 4.69) is 27.5 Å². The molecule has 2 aromatic heterocycles. The first kappa shape index (κ1) is 16.4. The van der Waals surface area contributed by atoms with E-state index in [-0.39, 0.29) is 5.91 Å². The largest absolute Gasteiger partial charge is 0.339 e. The summed E-state index contributed by atoms with van der Waals surface area (Å²) in [6, 6.07) is 13.9. The first-order valence-corrected chi connectivity index (χ1v) is 8.72. The summed E-state index contributed by atoms with van der Waals surface area (Å²) < 4.78 is 1.86. The highest BCUT2D eigenvalue weighted by Gasteiger charge is 2.29. The van der Waals surface area contributed by atoms with E-state index in [1.807, 2.05) is 54.2 Å². The molecule has 0 saturated heterocycles. The highest BCUT2D eigenvalue weighted by molar-refractivity contribution is 7.12. The Balaban J connectivity index is 1.72. The topological polar surface area (TPSA) is 59.8 Å². The molecule has 1 N–H and O–H groups in total. The number of benzene rings is 1. The van der Waals surface area contributed by atoms with Crippen molar-refractivity contribution in [3.8, 4) is 0 Å². The van der Waals surface area contributed by atoms with Gasteiger partial charge in [-0.25, -0.2) is 9.67 Å². The number of amides is 1. The molecule has 1 amide bonds. The zero-order chi connectivity index (χ0) is 17.0. The second-order valence-corrected chi connectivity index (χ2v) is 7.05. The molecule has 0 atom stereocenters. The monoisotopic (exact) mass is 340 g/mol. The normalized spacial score (nSPS) is 11.4. The second kappa shape index (κ2) is 6.97. The van der Waals surface area contributed by atoms with Gasteiger partial charge in [0, 0.05) is 6.54 Å². The summed E-state index contributed by atoms with van der Waals surface area (Å²) in [6.45, 7) is 4.61. The molecule has 3 aromatic rings. The standard InChI is InChI=1S/C18H20N4OS/c1-18(2,21-16(23)15-9-6-12-24-15)17-19-13-20-22(17)11-10-14-7-4-3-5-8-14/h3-9,12-13H,10-11H2,1-2H3,(H,21,23). The summed E-state index contributed by atoms with van der Waals surface area (Å²) in [6.07, 6.45) is 2.41. The molecule has 5 nitrogen and oxygen atoms in total. The summed E-state index contributed by atoms with van der Waals surface area (Å²) in [7, 11) is 0. The second-order valence-electron chi connectivity index (χ2n) is 6.10. The molecule has 0 fully saturated rings. The Bertz CT molecular complexity index is 794. The number of carbonyl (C=O) groups excluding carboxylic acids is 1. The third kappa shape index (κ3) is 3.71. The van der Waals surface area contributed by atoms with Gasteiger partial charge in [-0.15, -0.1) is 11.3 Å². The molecule has 3 rings (SSSR count). The Kier molecular flexibility index (Phi) is 4.76. The van der Waals surface area contributed by atoms with E-state index in [4.69, 9.17) is 0 Å². The number of rotatable bonds is 6. The van der Waals surface area contributed by atoms with Gasteiger partial charge in [0.15, 0.2) is 5.82 Å². The van der Waals surface area contributed by atoms with Gasteiger partial charge in [0.25, 0.3) is 5.91 Å². The Morgan fingerprint density at radius 3 is 2.71 bits per heavy atom. The highest BCUT2D eigenvalue weighted by atomic mass is 32.1. The van der Waals surface area contributed by atoms with E-state index >= 15 is 0 Å². The van der Waals surface area contributed by atoms with E-state index in [1.54, 1.807) is 6.33 Å². The van der Waals surface area contributed by atoms with Crippen LogP contribution >= 0.6 is 11.3 Å². The lowest BCUT2D eigenvalue weighted by atomic mass is 10.0. The minimum atomic E-state index is -0.603. The molecule has 124 valence electrons. The molecule has 0 aliphatic heterocycles. The van der Waals surface area contributed by atoms with Gasteiger partial charge in [-0.05, 0) is 37.3 Å². The van der Waals surface area contributed by atoms with E-state index in [0.717, 1.165) is 18.8 Å². The zero-order valence-electron chi connectivity index (χ0n) is 13.8. The van der Waals surface area contributed by atoms with E-state index < -0.39 is 5.54 Å². The van der Waals surface area contributed by atoms with Crippen LogP contribution in [-0.2, 0) is 18.5 Å². The lowest BCUT2D eigenvalue weighted by Gasteiger charge is -2.25. The maximum atomic E-state index is 12.3. The van der Waals surface area contributed by atoms with Gasteiger partial charge in [0.1, 0.15) is 6.33 Å². The first-order chi connectivity index (χ1) is 11.6. The number of aromatic nitrogens is 3. The van der Waals surface area contributed by atoms with Crippen LogP contribution in [0.5, 0.6) is 0 Å². The summed E-state index contributed by atoms with van der Waals surface area (Å²) in [5.41, 5.74) is 0.647. The van der Waals surface area contributed by atoms with Crippen molar-refractivity contribution in [2.75, 3.05) is 0 Å². The number of carbonyl (C=O) groups is 1. The SMILES string of the molecule is CC(C)(NC(=O)c1cccs1)c1ncnn1CCc1ccccc1. The van der Waals surface area contributed by atoms with Gasteiger partial charge in [-0.1, -0.05) is 36.4 Å². The van der Waals surface area contributed by atoms with Gasteiger partial charge in [-0.2, -0.15) is 5.10 Å². The van der Waals surface area contributed by atoms with Crippen molar-refractivity contribution in [3.05, 3.63) is 70.4 Å². The van der Waals surface area contributed by atoms with Crippen molar-refractivity contribution in [1.82, 2.24) is 20.1 Å². The van der Waals surface area contributed by atoms with Gasteiger partial charge in [0.05, 0.1) is 10.4 Å². The van der Waals surface area contributed by atoms with Crippen molar-refractivity contribution < 1.29 is 4.79 Å². The van der Waals surface area contributed by atoms with Crippen LogP contribution in [-0.4, -0.2) is 20.7 Å². The van der Waals surface area contributed by atoms with Crippen LogP contribution in [0.4, 0.5) is 0 Å². The summed E-state index contributed by atoms with van der Waals surface area (Å²) in [4.78, 5) is 17.4. The van der Waals surface area contributed by atoms with Crippen LogP contribution < -0.4 is 5.32 Å². The molecule has 6 heteroatoms. The molecular weight excluding hydrogens is 320 g/mol. The number of aryl methyl sites for hydroxylation is 2. The first-order valence-electron chi connectivity index (χ1n) is 7.84. The summed E-state index contributed by atoms with van der Waals surface area (Å²) >= 11 is 1.43. The average Bonchev–Trinajstić information content (AvgIpc) is 3.25. The summed E-state index contributed by atoms with van der Waals surface area (Å²) in [5.74, 6) is 0.663. The number of thiophene rings is 1. The van der Waals surface area contributed by atoms with Gasteiger partial charge in [0.2, 0.25) is 0 Å². The molecule has 24 heavy (non-hydrogen) atoms. The molecule has 0 bridgehead atoms. The van der Waals surface area contributed by atoms with Gasteiger partial charge in [-0.3, -0.25) is 4.79 Å². The summed E-state index contributed by atoms with van der Waals surface area (Å²) in [5, 5.41) is 9.27. The predicted molar refractivity (Wildman–Crippen MR) is 95.0 cm³/mol. The third-order valence-electron chi connectivity index (χ3n) is 3.80. The Morgan fingerprint density at radius 2 is 2.00 bits per heavy atom. The fourth-order valence-electron chi connectivity index (χ4n) is 2.60. The number of hydrogen-bond donors (Lipinski definition) is 1. The quantitative estimate of drug-likeness (QED) is 0.749. The Labute approximate surface area is 145 Å². The van der Waals surface area contributed by atoms with Crippen molar-refractivity contribution in [2.24, 2.45) is 0 Å². The molecule has 1 aromatic carbocycles. The van der Waals surface area contributed by atoms with Crippen molar-refractivity contribution in [1.29, 1.82) is 0 Å². The Hall–Kier alpha value is -2.47. The van der Waals surface area contributed by atoms with Crippen LogP contribution in [0.15, 0.2) is 54.2 Å². The Morgan fingerprint density at radius 1 is 1.21 bits per heavy atom. The van der Waals surface area contributed by atoms with E-state index in [0.29, 0.717) is 4.88 Å². The number of hydrogen-bond acceptors (Lipinski definition) is 4. The van der Waals surface area contributed by atoms with Crippen molar-refractivity contribution in [2.45, 2.75) is 32.4 Å². The third-order valence-corrected chi connectivity index (χ3v) is 4.67. The molecule has 0 spiro atoms. The van der Waals surface area contributed by atoms with Crippen molar-refractivity contribution >= 4 is 17.2 Å². The minimum absolute atomic E-state index is 0.0902. The average molecular weight is 340 g/mol. The molecule has 0 aliphatic rings. The zero-order valence-corrected chi connectivity index (χ0v) is 14.6. The molecule has 2 heterocycles. The molecule has 0 aliphatic carbocycles. The van der Waals surface area contributed by atoms with Crippen LogP contribution in [0, 0.1) is 0 Å². The smallest absolute Gasteiger partial charge is 0.262 e. The lowest BCUT2D eigenvalue weighted by Crippen LogP contribution is -2.43. The molecule has 0 unspecified atom stereocenters. The van der Waals surface area contributed by atoms with Crippen LogP contribution in [0.1, 0.15) is 34.9 Å². The van der Waals surface area contributed by atoms with E-state index in [1.165, 1.54) is 16.9 Å². The maximum absolute atomic E-state index is 12.3. The molecule has 0 saturated carbocycles. The fourth-order valence-corrected chi connectivity index (χ4v) is 3.22. The highest BCUT2D eigenvalue weighted by Crippen LogP contribution is 2.19. The fraction of sp³-hybridized carbons (Fsp3) is 0.278. The lowest BCUT2D eigenvalue weighted by molar-refractivity contribution is 0.0910. The van der Waals surface area contributed by atoms with Crippen LogP contribution in [0.25, 0.3) is 0 Å². The van der Waals surface area contributed by atoms with Crippen molar-refractivity contribution in [3.63, 3.8) is 0 Å². The van der Waals surface area contributed by atoms with Crippen LogP contribution in [0.2, 0.25) is 0 Å². The van der Waals surface area contributed by atoms with Gasteiger partial charge >= 0.3 is 0 Å². The van der Waals surface area contributed by atoms with Crippen LogP contribution in [0.3, 0.4) is 0 Å². The predicted octanol–water partition coefficient (Wildman–Crippen LogP) is 3.25. The molecule has 0 radical (unpaired) electrons. The van der Waals surface area contributed by atoms with E-state index in [9.17, 15) is 4.79 Å². The number of nitrogens with zero attached hydrogens (tertiary/aromatic N) is 3. The minimum Gasteiger partial charge on any atom is -0.339 e.